The summed E-state index contributed by atoms with van der Waals surface area (Å²) < 4.78 is 0. The second kappa shape index (κ2) is 2.56. The normalized spacial score (nSPS) is 27.8. The standard InChI is InChI=1S/C6H6Cl2/c7-5-2-1-3-6(8)4-5/h1-2,4,6H,3H2. The number of hydrogen-bond acceptors (Lipinski definition) is 0. The summed E-state index contributed by atoms with van der Waals surface area (Å²) in [6.07, 6.45) is 6.57. The summed E-state index contributed by atoms with van der Waals surface area (Å²) in [6.45, 7) is 0. The van der Waals surface area contributed by atoms with Crippen molar-refractivity contribution in [3.63, 3.8) is 0 Å². The monoisotopic (exact) mass is 148 g/mol. The molecule has 1 unspecified atom stereocenters. The molecule has 0 aliphatic heterocycles. The van der Waals surface area contributed by atoms with Crippen LogP contribution in [0.3, 0.4) is 0 Å². The van der Waals surface area contributed by atoms with E-state index in [-0.39, 0.29) is 5.38 Å². The van der Waals surface area contributed by atoms with Gasteiger partial charge in [0.15, 0.2) is 0 Å². The zero-order valence-corrected chi connectivity index (χ0v) is 5.78. The maximum atomic E-state index is 5.70. The van der Waals surface area contributed by atoms with Crippen molar-refractivity contribution in [3.8, 4) is 0 Å². The Labute approximate surface area is 58.8 Å². The Balaban J connectivity index is 2.63. The van der Waals surface area contributed by atoms with Crippen LogP contribution in [0.25, 0.3) is 0 Å². The van der Waals surface area contributed by atoms with Crippen molar-refractivity contribution in [2.75, 3.05) is 0 Å². The molecule has 0 heterocycles. The van der Waals surface area contributed by atoms with Crippen LogP contribution < -0.4 is 0 Å². The van der Waals surface area contributed by atoms with Crippen LogP contribution in [-0.2, 0) is 0 Å². The molecule has 0 spiro atoms. The molecule has 44 valence electrons. The Kier molecular flexibility index (Phi) is 1.98. The highest BCUT2D eigenvalue weighted by atomic mass is 35.5. The van der Waals surface area contributed by atoms with E-state index in [2.05, 4.69) is 0 Å². The van der Waals surface area contributed by atoms with Gasteiger partial charge in [0.25, 0.3) is 0 Å². The highest BCUT2D eigenvalue weighted by Crippen LogP contribution is 2.17. The summed E-state index contributed by atoms with van der Waals surface area (Å²) >= 11 is 11.3. The van der Waals surface area contributed by atoms with Gasteiger partial charge in [-0.05, 0) is 18.6 Å². The van der Waals surface area contributed by atoms with Crippen molar-refractivity contribution >= 4 is 23.2 Å². The quantitative estimate of drug-likeness (QED) is 0.464. The molecule has 0 amide bonds. The van der Waals surface area contributed by atoms with Crippen LogP contribution in [0.2, 0.25) is 0 Å². The van der Waals surface area contributed by atoms with Gasteiger partial charge in [0, 0.05) is 5.03 Å². The highest BCUT2D eigenvalue weighted by molar-refractivity contribution is 6.32. The molecule has 0 fully saturated rings. The van der Waals surface area contributed by atoms with Gasteiger partial charge in [-0.1, -0.05) is 17.7 Å². The lowest BCUT2D eigenvalue weighted by Crippen LogP contribution is -1.94. The molecule has 0 aromatic heterocycles. The summed E-state index contributed by atoms with van der Waals surface area (Å²) in [4.78, 5) is 0. The number of rotatable bonds is 0. The van der Waals surface area contributed by atoms with E-state index in [0.717, 1.165) is 11.5 Å². The number of hydrogen-bond donors (Lipinski definition) is 0. The van der Waals surface area contributed by atoms with Crippen molar-refractivity contribution in [2.24, 2.45) is 0 Å². The van der Waals surface area contributed by atoms with Crippen LogP contribution in [0.5, 0.6) is 0 Å². The predicted octanol–water partition coefficient (Wildman–Crippen LogP) is 2.68. The lowest BCUT2D eigenvalue weighted by Gasteiger charge is -2.03. The lowest BCUT2D eigenvalue weighted by atomic mass is 10.2. The van der Waals surface area contributed by atoms with Crippen molar-refractivity contribution in [1.82, 2.24) is 0 Å². The molecule has 2 heteroatoms. The Morgan fingerprint density at radius 1 is 1.62 bits per heavy atom. The van der Waals surface area contributed by atoms with Crippen molar-refractivity contribution in [3.05, 3.63) is 23.3 Å². The molecule has 1 atom stereocenters. The third kappa shape index (κ3) is 1.53. The molecular weight excluding hydrogens is 143 g/mol. The van der Waals surface area contributed by atoms with Crippen LogP contribution in [0, 0.1) is 0 Å². The Morgan fingerprint density at radius 2 is 2.38 bits per heavy atom. The SMILES string of the molecule is ClC1=CC(Cl)CC=C1. The maximum absolute atomic E-state index is 5.70. The van der Waals surface area contributed by atoms with Gasteiger partial charge in [-0.3, -0.25) is 0 Å². The second-order valence-electron chi connectivity index (χ2n) is 1.71. The van der Waals surface area contributed by atoms with E-state index in [9.17, 15) is 0 Å². The molecule has 0 aromatic carbocycles. The van der Waals surface area contributed by atoms with Gasteiger partial charge in [-0.15, -0.1) is 11.6 Å². The van der Waals surface area contributed by atoms with Crippen LogP contribution in [0.4, 0.5) is 0 Å². The van der Waals surface area contributed by atoms with Gasteiger partial charge in [0.1, 0.15) is 0 Å². The van der Waals surface area contributed by atoms with Gasteiger partial charge in [0.05, 0.1) is 5.38 Å². The molecule has 1 rings (SSSR count). The lowest BCUT2D eigenvalue weighted by molar-refractivity contribution is 1.04. The van der Waals surface area contributed by atoms with Crippen LogP contribution in [0.1, 0.15) is 6.42 Å². The molecule has 1 aliphatic rings. The van der Waals surface area contributed by atoms with Gasteiger partial charge >= 0.3 is 0 Å². The summed E-state index contributed by atoms with van der Waals surface area (Å²) in [5.41, 5.74) is 0. The molecule has 0 radical (unpaired) electrons. The third-order valence-electron chi connectivity index (χ3n) is 0.978. The molecular formula is C6H6Cl2. The first-order valence-electron chi connectivity index (χ1n) is 2.47. The molecule has 0 nitrogen and oxygen atoms in total. The minimum absolute atomic E-state index is 0.104. The van der Waals surface area contributed by atoms with Gasteiger partial charge in [-0.2, -0.15) is 0 Å². The van der Waals surface area contributed by atoms with Crippen LogP contribution >= 0.6 is 23.2 Å². The van der Waals surface area contributed by atoms with E-state index in [4.69, 9.17) is 23.2 Å². The van der Waals surface area contributed by atoms with E-state index >= 15 is 0 Å². The van der Waals surface area contributed by atoms with Crippen LogP contribution in [-0.4, -0.2) is 5.38 Å². The summed E-state index contributed by atoms with van der Waals surface area (Å²) in [7, 11) is 0. The molecule has 0 bridgehead atoms. The van der Waals surface area contributed by atoms with Gasteiger partial charge in [0.2, 0.25) is 0 Å². The summed E-state index contributed by atoms with van der Waals surface area (Å²) in [6, 6.07) is 0. The Morgan fingerprint density at radius 3 is 2.75 bits per heavy atom. The fourth-order valence-electron chi connectivity index (χ4n) is 0.607. The zero-order valence-electron chi connectivity index (χ0n) is 4.27. The first-order chi connectivity index (χ1) is 3.79. The number of halogens is 2. The first kappa shape index (κ1) is 6.18. The van der Waals surface area contributed by atoms with Crippen molar-refractivity contribution in [2.45, 2.75) is 11.8 Å². The number of allylic oxidation sites excluding steroid dienone is 4. The summed E-state index contributed by atoms with van der Waals surface area (Å²) in [5, 5.41) is 0.851. The zero-order chi connectivity index (χ0) is 5.98. The van der Waals surface area contributed by atoms with Crippen molar-refractivity contribution in [1.29, 1.82) is 0 Å². The van der Waals surface area contributed by atoms with E-state index < -0.39 is 0 Å². The second-order valence-corrected chi connectivity index (χ2v) is 2.70. The topological polar surface area (TPSA) is 0 Å². The highest BCUT2D eigenvalue weighted by Gasteiger charge is 2.01. The average Bonchev–Trinajstić information content (AvgIpc) is 1.64. The van der Waals surface area contributed by atoms with E-state index in [0.29, 0.717) is 0 Å². The van der Waals surface area contributed by atoms with Gasteiger partial charge in [-0.25, -0.2) is 0 Å². The molecule has 0 saturated carbocycles. The molecule has 0 N–H and O–H groups in total. The fourth-order valence-corrected chi connectivity index (χ4v) is 1.15. The third-order valence-corrected chi connectivity index (χ3v) is 1.53. The van der Waals surface area contributed by atoms with E-state index in [1.54, 1.807) is 0 Å². The molecule has 8 heavy (non-hydrogen) atoms. The van der Waals surface area contributed by atoms with Gasteiger partial charge < -0.3 is 0 Å². The summed E-state index contributed by atoms with van der Waals surface area (Å²) in [5.74, 6) is 0. The molecule has 1 aliphatic carbocycles. The average molecular weight is 149 g/mol. The number of alkyl halides is 1. The van der Waals surface area contributed by atoms with Crippen molar-refractivity contribution < 1.29 is 0 Å². The Hall–Kier alpha value is 0.0600. The first-order valence-corrected chi connectivity index (χ1v) is 3.28. The minimum Gasteiger partial charge on any atom is -0.118 e. The molecule has 0 aromatic rings. The maximum Gasteiger partial charge on any atom is 0.0567 e. The largest absolute Gasteiger partial charge is 0.118 e. The van der Waals surface area contributed by atoms with E-state index in [1.807, 2.05) is 18.2 Å². The Bertz CT molecular complexity index is 135. The smallest absolute Gasteiger partial charge is 0.0567 e. The molecule has 0 saturated heterocycles. The predicted molar refractivity (Wildman–Crippen MR) is 37.3 cm³/mol. The van der Waals surface area contributed by atoms with E-state index in [1.165, 1.54) is 0 Å². The fraction of sp³-hybridized carbons (Fsp3) is 0.333. The van der Waals surface area contributed by atoms with Crippen LogP contribution in [0.15, 0.2) is 23.3 Å². The minimum atomic E-state index is 0.104.